The average Bonchev–Trinajstić information content (AvgIpc) is 3.09. The number of piperazine rings is 1. The summed E-state index contributed by atoms with van der Waals surface area (Å²) in [6, 6.07) is 2.70. The van der Waals surface area contributed by atoms with Gasteiger partial charge in [0.05, 0.1) is 11.1 Å². The lowest BCUT2D eigenvalue weighted by Crippen LogP contribution is -2.58. The fourth-order valence-electron chi connectivity index (χ4n) is 5.60. The maximum atomic E-state index is 15.0. The van der Waals surface area contributed by atoms with Gasteiger partial charge in [0.2, 0.25) is 5.91 Å². The second-order valence-electron chi connectivity index (χ2n) is 9.77. The second kappa shape index (κ2) is 9.96. The van der Waals surface area contributed by atoms with Crippen LogP contribution in [0.3, 0.4) is 0 Å². The van der Waals surface area contributed by atoms with Gasteiger partial charge < -0.3 is 9.80 Å². The zero-order valence-corrected chi connectivity index (χ0v) is 22.0. The summed E-state index contributed by atoms with van der Waals surface area (Å²) in [6.07, 6.45) is -3.19. The number of nitrogens with zero attached hydrogens (tertiary/aromatic N) is 4. The first-order valence-electron chi connectivity index (χ1n) is 12.4. The van der Waals surface area contributed by atoms with Crippen LogP contribution in [0.1, 0.15) is 25.8 Å². The average molecular weight is 565 g/mol. The van der Waals surface area contributed by atoms with Crippen molar-refractivity contribution in [2.45, 2.75) is 50.0 Å². The van der Waals surface area contributed by atoms with Gasteiger partial charge in [0, 0.05) is 59.2 Å². The number of carbonyl (C=O) groups is 1. The third-order valence-corrected chi connectivity index (χ3v) is 8.30. The molecule has 0 spiro atoms. The predicted octanol–water partition coefficient (Wildman–Crippen LogP) is 5.47. The Hall–Kier alpha value is -3.41. The van der Waals surface area contributed by atoms with E-state index in [4.69, 9.17) is 0 Å². The highest BCUT2D eigenvalue weighted by molar-refractivity contribution is 7.99. The summed E-state index contributed by atoms with van der Waals surface area (Å²) in [5, 5.41) is 0.112. The summed E-state index contributed by atoms with van der Waals surface area (Å²) in [6.45, 7) is 7.84. The summed E-state index contributed by atoms with van der Waals surface area (Å²) in [5.41, 5.74) is -2.31. The van der Waals surface area contributed by atoms with Crippen molar-refractivity contribution in [3.8, 4) is 11.1 Å². The molecule has 39 heavy (non-hydrogen) atoms. The molecule has 2 aliphatic heterocycles. The molecule has 206 valence electrons. The molecule has 1 amide bonds. The number of halogens is 5. The number of aryl methyl sites for hydroxylation is 1. The van der Waals surface area contributed by atoms with Gasteiger partial charge in [-0.2, -0.15) is 18.2 Å². The van der Waals surface area contributed by atoms with E-state index in [-0.39, 0.29) is 59.2 Å². The predicted molar refractivity (Wildman–Crippen MR) is 140 cm³/mol. The van der Waals surface area contributed by atoms with Crippen molar-refractivity contribution in [2.24, 2.45) is 0 Å². The number of anilines is 1. The van der Waals surface area contributed by atoms with Crippen LogP contribution < -0.4 is 10.6 Å². The normalized spacial score (nSPS) is 19.8. The van der Waals surface area contributed by atoms with Crippen LogP contribution in [0.2, 0.25) is 0 Å². The first kappa shape index (κ1) is 27.2. The van der Waals surface area contributed by atoms with Crippen molar-refractivity contribution in [1.82, 2.24) is 14.5 Å². The number of rotatable bonds is 3. The quantitative estimate of drug-likeness (QED) is 0.312. The van der Waals surface area contributed by atoms with E-state index < -0.39 is 40.2 Å². The summed E-state index contributed by atoms with van der Waals surface area (Å²) in [5.74, 6) is -1.84. The zero-order valence-electron chi connectivity index (χ0n) is 21.2. The number of carbonyl (C=O) groups excluding carboxylic acids is 1. The number of hydrogen-bond acceptors (Lipinski definition) is 5. The van der Waals surface area contributed by atoms with Crippen molar-refractivity contribution in [3.63, 3.8) is 0 Å². The molecule has 1 saturated heterocycles. The maximum Gasteiger partial charge on any atom is 0.417 e. The minimum atomic E-state index is -4.89. The highest BCUT2D eigenvalue weighted by atomic mass is 32.2. The lowest BCUT2D eigenvalue weighted by atomic mass is 9.95. The van der Waals surface area contributed by atoms with Crippen LogP contribution in [-0.4, -0.2) is 51.3 Å². The number of thioether (sulfide) groups is 1. The van der Waals surface area contributed by atoms with Crippen LogP contribution in [0.25, 0.3) is 22.0 Å². The Morgan fingerprint density at radius 3 is 2.46 bits per heavy atom. The van der Waals surface area contributed by atoms with E-state index in [1.807, 2.05) is 0 Å². The molecule has 1 aromatic heterocycles. The Kier molecular flexibility index (Phi) is 6.94. The zero-order chi connectivity index (χ0) is 28.2. The molecule has 5 rings (SSSR count). The van der Waals surface area contributed by atoms with Crippen molar-refractivity contribution in [3.05, 3.63) is 64.6 Å². The molecule has 6 nitrogen and oxygen atoms in total. The summed E-state index contributed by atoms with van der Waals surface area (Å²) < 4.78 is 73.8. The molecule has 3 aromatic rings. The third-order valence-electron chi connectivity index (χ3n) is 7.12. The lowest BCUT2D eigenvalue weighted by molar-refractivity contribution is -0.137. The first-order chi connectivity index (χ1) is 18.4. The number of amides is 1. The molecular weight excluding hydrogens is 539 g/mol. The Bertz CT molecular complexity index is 1540. The molecule has 2 aromatic carbocycles. The lowest BCUT2D eigenvalue weighted by Gasteiger charge is -2.44. The van der Waals surface area contributed by atoms with Gasteiger partial charge >= 0.3 is 11.9 Å². The van der Waals surface area contributed by atoms with E-state index in [0.29, 0.717) is 18.2 Å². The molecule has 0 saturated carbocycles. The minimum Gasteiger partial charge on any atom is -0.352 e. The summed E-state index contributed by atoms with van der Waals surface area (Å²) in [7, 11) is 0. The van der Waals surface area contributed by atoms with Gasteiger partial charge in [-0.3, -0.25) is 9.36 Å². The highest BCUT2D eigenvalue weighted by Gasteiger charge is 2.39. The Labute approximate surface area is 225 Å². The first-order valence-corrected chi connectivity index (χ1v) is 13.4. The topological polar surface area (TPSA) is 58.4 Å². The largest absolute Gasteiger partial charge is 0.417 e. The molecule has 1 fully saturated rings. The molecule has 0 bridgehead atoms. The Balaban J connectivity index is 1.82. The molecule has 0 aliphatic carbocycles. The standard InChI is InChI=1S/C27H25F5N4O2S/c1-4-21(37)36-14(2)12-34(13-15(36)3)25-18-11-19(27(30,31)32)22(17-7-6-16(28)10-20(17)29)24-23(18)35(26(38)33-25)8-5-9-39-24/h4,6-7,10-11,14-15H,1,5,8-9,12-13H2,2-3H3. The van der Waals surface area contributed by atoms with Crippen molar-refractivity contribution in [1.29, 1.82) is 0 Å². The van der Waals surface area contributed by atoms with E-state index in [2.05, 4.69) is 11.6 Å². The van der Waals surface area contributed by atoms with Gasteiger partial charge in [0.15, 0.2) is 0 Å². The number of aromatic nitrogens is 2. The number of benzene rings is 2. The van der Waals surface area contributed by atoms with E-state index in [9.17, 15) is 31.5 Å². The van der Waals surface area contributed by atoms with E-state index in [0.717, 1.165) is 30.0 Å². The molecule has 12 heteroatoms. The van der Waals surface area contributed by atoms with Gasteiger partial charge in [-0.05, 0) is 50.3 Å². The van der Waals surface area contributed by atoms with Gasteiger partial charge in [0.25, 0.3) is 0 Å². The highest BCUT2D eigenvalue weighted by Crippen LogP contribution is 2.48. The van der Waals surface area contributed by atoms with Gasteiger partial charge in [-0.25, -0.2) is 13.6 Å². The van der Waals surface area contributed by atoms with Crippen LogP contribution in [-0.2, 0) is 17.5 Å². The second-order valence-corrected chi connectivity index (χ2v) is 10.9. The van der Waals surface area contributed by atoms with E-state index >= 15 is 0 Å². The Morgan fingerprint density at radius 1 is 1.15 bits per heavy atom. The summed E-state index contributed by atoms with van der Waals surface area (Å²) >= 11 is 1.11. The monoisotopic (exact) mass is 564 g/mol. The number of hydrogen-bond donors (Lipinski definition) is 0. The van der Waals surface area contributed by atoms with E-state index in [1.54, 1.807) is 23.6 Å². The van der Waals surface area contributed by atoms with Crippen LogP contribution >= 0.6 is 11.8 Å². The van der Waals surface area contributed by atoms with Crippen molar-refractivity contribution in [2.75, 3.05) is 23.7 Å². The van der Waals surface area contributed by atoms with Crippen LogP contribution in [0.4, 0.5) is 27.8 Å². The maximum absolute atomic E-state index is 15.0. The SMILES string of the molecule is C=CC(=O)N1C(C)CN(c2nc(=O)n3c4c(c(-c5ccc(F)cc5F)c(C(F)(F)F)cc24)SCCC3)CC1C. The third kappa shape index (κ3) is 4.68. The van der Waals surface area contributed by atoms with Gasteiger partial charge in [-0.15, -0.1) is 11.8 Å². The summed E-state index contributed by atoms with van der Waals surface area (Å²) in [4.78, 5) is 33.4. The van der Waals surface area contributed by atoms with E-state index in [1.165, 1.54) is 10.6 Å². The Morgan fingerprint density at radius 2 is 1.85 bits per heavy atom. The molecule has 2 unspecified atom stereocenters. The molecule has 2 atom stereocenters. The molecular formula is C27H25F5N4O2S. The molecule has 3 heterocycles. The number of alkyl halides is 3. The minimum absolute atomic E-state index is 0.0797. The van der Waals surface area contributed by atoms with Gasteiger partial charge in [0.1, 0.15) is 17.5 Å². The van der Waals surface area contributed by atoms with Crippen LogP contribution in [0, 0.1) is 11.6 Å². The molecule has 0 N–H and O–H groups in total. The fourth-order valence-corrected chi connectivity index (χ4v) is 6.80. The fraction of sp³-hybridized carbons (Fsp3) is 0.370. The van der Waals surface area contributed by atoms with Crippen LogP contribution in [0.5, 0.6) is 0 Å². The van der Waals surface area contributed by atoms with Gasteiger partial charge in [-0.1, -0.05) is 6.58 Å². The van der Waals surface area contributed by atoms with Crippen LogP contribution in [0.15, 0.2) is 46.6 Å². The molecule has 2 aliphatic rings. The van der Waals surface area contributed by atoms with Crippen molar-refractivity contribution < 1.29 is 26.7 Å². The van der Waals surface area contributed by atoms with Crippen molar-refractivity contribution >= 4 is 34.4 Å². The molecule has 0 radical (unpaired) electrons. The smallest absolute Gasteiger partial charge is 0.352 e.